The molecule has 3 aromatic rings. The molecule has 0 unspecified atom stereocenters. The van der Waals surface area contributed by atoms with Gasteiger partial charge < -0.3 is 10.2 Å². The van der Waals surface area contributed by atoms with E-state index < -0.39 is 0 Å². The van der Waals surface area contributed by atoms with Crippen LogP contribution in [0.1, 0.15) is 39.3 Å². The fourth-order valence-electron chi connectivity index (χ4n) is 3.82. The zero-order valence-corrected chi connectivity index (χ0v) is 17.4. The Bertz CT molecular complexity index is 1000. The van der Waals surface area contributed by atoms with Gasteiger partial charge in [-0.3, -0.25) is 4.79 Å². The summed E-state index contributed by atoms with van der Waals surface area (Å²) >= 11 is 0. The van der Waals surface area contributed by atoms with Crippen molar-refractivity contribution < 1.29 is 4.79 Å². The summed E-state index contributed by atoms with van der Waals surface area (Å²) in [6, 6.07) is 16.4. The van der Waals surface area contributed by atoms with Crippen LogP contribution in [0.4, 0.5) is 5.69 Å². The number of aryl methyl sites for hydroxylation is 1. The van der Waals surface area contributed by atoms with E-state index in [-0.39, 0.29) is 5.91 Å². The Labute approximate surface area is 172 Å². The first-order chi connectivity index (χ1) is 14.0. The standard InChI is InChI=1S/C24H28N4O/c1-17-7-13-20(14-8-17)28-22-6-4-5-21(22)23(26-28)24(29)25-19-11-9-18(10-12-19)15-16-27(2)3/h7-14H,4-6,15-16H2,1-3H3,(H,25,29). The lowest BCUT2D eigenvalue weighted by Gasteiger charge is -2.10. The Morgan fingerprint density at radius 1 is 1.07 bits per heavy atom. The third-order valence-electron chi connectivity index (χ3n) is 5.48. The number of fused-ring (bicyclic) bond motifs is 1. The fraction of sp³-hybridized carbons (Fsp3) is 0.333. The number of carbonyl (C=O) groups is 1. The van der Waals surface area contributed by atoms with Crippen LogP contribution in [-0.2, 0) is 19.3 Å². The molecule has 0 atom stereocenters. The lowest BCUT2D eigenvalue weighted by molar-refractivity contribution is 0.102. The van der Waals surface area contributed by atoms with Gasteiger partial charge in [0, 0.05) is 23.5 Å². The van der Waals surface area contributed by atoms with Gasteiger partial charge in [-0.05, 0) is 76.5 Å². The fourth-order valence-corrected chi connectivity index (χ4v) is 3.82. The third-order valence-corrected chi connectivity index (χ3v) is 5.48. The van der Waals surface area contributed by atoms with Crippen LogP contribution in [0.5, 0.6) is 0 Å². The molecule has 1 heterocycles. The summed E-state index contributed by atoms with van der Waals surface area (Å²) in [5.41, 5.74) is 7.10. The van der Waals surface area contributed by atoms with Crippen molar-refractivity contribution in [3.8, 4) is 5.69 Å². The zero-order valence-electron chi connectivity index (χ0n) is 17.4. The molecule has 1 aliphatic rings. The highest BCUT2D eigenvalue weighted by Gasteiger charge is 2.27. The van der Waals surface area contributed by atoms with E-state index in [2.05, 4.69) is 67.6 Å². The molecule has 0 saturated heterocycles. The summed E-state index contributed by atoms with van der Waals surface area (Å²) in [4.78, 5) is 15.1. The number of benzene rings is 2. The highest BCUT2D eigenvalue weighted by Crippen LogP contribution is 2.28. The van der Waals surface area contributed by atoms with Crippen molar-refractivity contribution in [3.63, 3.8) is 0 Å². The summed E-state index contributed by atoms with van der Waals surface area (Å²) in [7, 11) is 4.14. The molecular formula is C24H28N4O. The largest absolute Gasteiger partial charge is 0.321 e. The molecule has 150 valence electrons. The minimum Gasteiger partial charge on any atom is -0.321 e. The number of amides is 1. The lowest BCUT2D eigenvalue weighted by Crippen LogP contribution is -2.16. The zero-order chi connectivity index (χ0) is 20.4. The van der Waals surface area contributed by atoms with Crippen molar-refractivity contribution in [2.24, 2.45) is 0 Å². The van der Waals surface area contributed by atoms with E-state index in [1.54, 1.807) is 0 Å². The van der Waals surface area contributed by atoms with Crippen LogP contribution in [0.2, 0.25) is 0 Å². The van der Waals surface area contributed by atoms with Gasteiger partial charge in [-0.2, -0.15) is 5.10 Å². The number of nitrogens with zero attached hydrogens (tertiary/aromatic N) is 3. The molecule has 1 aliphatic carbocycles. The van der Waals surface area contributed by atoms with Crippen LogP contribution in [0.25, 0.3) is 5.69 Å². The van der Waals surface area contributed by atoms with Gasteiger partial charge in [0.2, 0.25) is 0 Å². The van der Waals surface area contributed by atoms with Gasteiger partial charge in [0.1, 0.15) is 0 Å². The molecule has 5 nitrogen and oxygen atoms in total. The van der Waals surface area contributed by atoms with E-state index in [4.69, 9.17) is 5.10 Å². The highest BCUT2D eigenvalue weighted by atomic mass is 16.2. The summed E-state index contributed by atoms with van der Waals surface area (Å²) in [5.74, 6) is -0.130. The van der Waals surface area contributed by atoms with E-state index in [1.807, 2.05) is 16.8 Å². The smallest absolute Gasteiger partial charge is 0.276 e. The predicted molar refractivity (Wildman–Crippen MR) is 117 cm³/mol. The van der Waals surface area contributed by atoms with Crippen LogP contribution in [0.3, 0.4) is 0 Å². The average Bonchev–Trinajstić information content (AvgIpc) is 3.31. The van der Waals surface area contributed by atoms with Gasteiger partial charge in [-0.15, -0.1) is 0 Å². The van der Waals surface area contributed by atoms with E-state index >= 15 is 0 Å². The van der Waals surface area contributed by atoms with E-state index in [0.717, 1.165) is 54.9 Å². The van der Waals surface area contributed by atoms with Crippen molar-refractivity contribution in [1.82, 2.24) is 14.7 Å². The molecule has 1 amide bonds. The molecule has 0 saturated carbocycles. The van der Waals surface area contributed by atoms with Crippen molar-refractivity contribution >= 4 is 11.6 Å². The Morgan fingerprint density at radius 3 is 2.48 bits per heavy atom. The number of hydrogen-bond acceptors (Lipinski definition) is 3. The molecular weight excluding hydrogens is 360 g/mol. The van der Waals surface area contributed by atoms with Crippen LogP contribution >= 0.6 is 0 Å². The number of likely N-dealkylation sites (N-methyl/N-ethyl adjacent to an activating group) is 1. The lowest BCUT2D eigenvalue weighted by atomic mass is 10.1. The summed E-state index contributed by atoms with van der Waals surface area (Å²) < 4.78 is 1.95. The number of anilines is 1. The van der Waals surface area contributed by atoms with Gasteiger partial charge in [0.05, 0.1) is 5.69 Å². The van der Waals surface area contributed by atoms with Crippen LogP contribution in [0, 0.1) is 6.92 Å². The van der Waals surface area contributed by atoms with Crippen molar-refractivity contribution in [1.29, 1.82) is 0 Å². The van der Waals surface area contributed by atoms with E-state index in [9.17, 15) is 4.79 Å². The maximum atomic E-state index is 13.0. The second-order valence-corrected chi connectivity index (χ2v) is 8.08. The van der Waals surface area contributed by atoms with Gasteiger partial charge in [-0.1, -0.05) is 29.8 Å². The Hall–Kier alpha value is -2.92. The van der Waals surface area contributed by atoms with Crippen molar-refractivity contribution in [2.75, 3.05) is 26.0 Å². The number of carbonyl (C=O) groups excluding carboxylic acids is 1. The molecule has 0 bridgehead atoms. The van der Waals surface area contributed by atoms with Gasteiger partial charge in [0.15, 0.2) is 5.69 Å². The first-order valence-corrected chi connectivity index (χ1v) is 10.2. The summed E-state index contributed by atoms with van der Waals surface area (Å²) in [6.07, 6.45) is 3.94. The van der Waals surface area contributed by atoms with Crippen molar-refractivity contribution in [2.45, 2.75) is 32.6 Å². The maximum Gasteiger partial charge on any atom is 0.276 e. The molecule has 5 heteroatoms. The normalized spacial score (nSPS) is 13.0. The quantitative estimate of drug-likeness (QED) is 0.694. The topological polar surface area (TPSA) is 50.2 Å². The molecule has 29 heavy (non-hydrogen) atoms. The third kappa shape index (κ3) is 4.25. The molecule has 4 rings (SSSR count). The minimum absolute atomic E-state index is 0.130. The molecule has 1 N–H and O–H groups in total. The maximum absolute atomic E-state index is 13.0. The number of nitrogens with one attached hydrogen (secondary N) is 1. The Kier molecular flexibility index (Phi) is 5.49. The predicted octanol–water partition coefficient (Wildman–Crippen LogP) is 4.03. The molecule has 0 radical (unpaired) electrons. The van der Waals surface area contributed by atoms with Crippen LogP contribution in [0.15, 0.2) is 48.5 Å². The number of rotatable bonds is 6. The van der Waals surface area contributed by atoms with Crippen molar-refractivity contribution in [3.05, 3.63) is 76.6 Å². The first-order valence-electron chi connectivity index (χ1n) is 10.2. The minimum atomic E-state index is -0.130. The van der Waals surface area contributed by atoms with Gasteiger partial charge in [-0.25, -0.2) is 4.68 Å². The molecule has 0 spiro atoms. The van der Waals surface area contributed by atoms with Crippen LogP contribution in [-0.4, -0.2) is 41.2 Å². The van der Waals surface area contributed by atoms with E-state index in [1.165, 1.54) is 11.1 Å². The first kappa shape index (κ1) is 19.4. The highest BCUT2D eigenvalue weighted by molar-refractivity contribution is 6.04. The molecule has 2 aromatic carbocycles. The Balaban J connectivity index is 1.53. The monoisotopic (exact) mass is 388 g/mol. The van der Waals surface area contributed by atoms with Gasteiger partial charge in [0.25, 0.3) is 5.91 Å². The number of hydrogen-bond donors (Lipinski definition) is 1. The molecule has 0 fully saturated rings. The SMILES string of the molecule is Cc1ccc(-n2nc(C(=O)Nc3ccc(CCN(C)C)cc3)c3c2CCC3)cc1. The van der Waals surface area contributed by atoms with Gasteiger partial charge >= 0.3 is 0 Å². The second-order valence-electron chi connectivity index (χ2n) is 8.08. The van der Waals surface area contributed by atoms with Crippen LogP contribution < -0.4 is 5.32 Å². The second kappa shape index (κ2) is 8.21. The van der Waals surface area contributed by atoms with E-state index in [0.29, 0.717) is 5.69 Å². The Morgan fingerprint density at radius 2 is 1.79 bits per heavy atom. The molecule has 0 aliphatic heterocycles. The average molecular weight is 389 g/mol. The summed E-state index contributed by atoms with van der Waals surface area (Å²) in [6.45, 7) is 3.08. The summed E-state index contributed by atoms with van der Waals surface area (Å²) in [5, 5.41) is 7.72. The number of aromatic nitrogens is 2. The molecule has 1 aromatic heterocycles.